The van der Waals surface area contributed by atoms with Crippen molar-refractivity contribution in [1.29, 1.82) is 0 Å². The van der Waals surface area contributed by atoms with Gasteiger partial charge in [-0.15, -0.1) is 0 Å². The lowest BCUT2D eigenvalue weighted by Gasteiger charge is -2.27. The number of amides is 3. The summed E-state index contributed by atoms with van der Waals surface area (Å²) in [5.74, 6) is -0.846. The summed E-state index contributed by atoms with van der Waals surface area (Å²) in [5, 5.41) is 2.88. The van der Waals surface area contributed by atoms with Gasteiger partial charge < -0.3 is 10.2 Å². The second-order valence-corrected chi connectivity index (χ2v) is 6.66. The van der Waals surface area contributed by atoms with Crippen LogP contribution in [0.2, 0.25) is 0 Å². The van der Waals surface area contributed by atoms with Gasteiger partial charge in [-0.25, -0.2) is 0 Å². The van der Waals surface area contributed by atoms with E-state index in [0.29, 0.717) is 17.7 Å². The van der Waals surface area contributed by atoms with E-state index in [0.717, 1.165) is 10.6 Å². The molecule has 0 spiro atoms. The molecule has 2 aromatic carbocycles. The molecule has 6 heteroatoms. The monoisotopic (exact) mass is 365 g/mol. The molecule has 1 aliphatic rings. The van der Waals surface area contributed by atoms with Crippen molar-refractivity contribution in [3.05, 3.63) is 65.7 Å². The molecule has 6 nitrogen and oxygen atoms in total. The molecule has 0 saturated carbocycles. The predicted molar refractivity (Wildman–Crippen MR) is 104 cm³/mol. The topological polar surface area (TPSA) is 69.7 Å². The van der Waals surface area contributed by atoms with E-state index in [2.05, 4.69) is 10.2 Å². The Balaban J connectivity index is 1.48. The van der Waals surface area contributed by atoms with E-state index >= 15 is 0 Å². The molecule has 3 amide bonds. The van der Waals surface area contributed by atoms with Crippen molar-refractivity contribution in [3.63, 3.8) is 0 Å². The Morgan fingerprint density at radius 1 is 1.00 bits per heavy atom. The van der Waals surface area contributed by atoms with Gasteiger partial charge in [-0.3, -0.25) is 19.3 Å². The number of nitrogens with zero attached hydrogens (tertiary/aromatic N) is 2. The number of imide groups is 1. The Hall–Kier alpha value is -3.15. The van der Waals surface area contributed by atoms with Crippen LogP contribution >= 0.6 is 0 Å². The number of fused-ring (bicyclic) bond motifs is 1. The number of para-hydroxylation sites is 1. The van der Waals surface area contributed by atoms with Crippen LogP contribution in [-0.2, 0) is 4.79 Å². The first-order valence-corrected chi connectivity index (χ1v) is 8.99. The highest BCUT2D eigenvalue weighted by Crippen LogP contribution is 2.22. The minimum atomic E-state index is -0.333. The molecular weight excluding hydrogens is 342 g/mol. The first-order valence-electron chi connectivity index (χ1n) is 8.99. The molecule has 1 heterocycles. The van der Waals surface area contributed by atoms with Crippen LogP contribution in [0.15, 0.2) is 54.6 Å². The Morgan fingerprint density at radius 2 is 1.56 bits per heavy atom. The lowest BCUT2D eigenvalue weighted by molar-refractivity contribution is -0.121. The molecule has 1 aliphatic heterocycles. The van der Waals surface area contributed by atoms with E-state index < -0.39 is 0 Å². The van der Waals surface area contributed by atoms with Crippen molar-refractivity contribution in [2.75, 3.05) is 25.0 Å². The first-order chi connectivity index (χ1) is 13.0. The number of likely N-dealkylation sites (N-methyl/N-ethyl adjacent to an activating group) is 1. The van der Waals surface area contributed by atoms with Gasteiger partial charge in [0.25, 0.3) is 11.8 Å². The lowest BCUT2D eigenvalue weighted by atomic mass is 10.1. The van der Waals surface area contributed by atoms with E-state index in [1.165, 1.54) is 0 Å². The predicted octanol–water partition coefficient (Wildman–Crippen LogP) is 2.31. The second-order valence-electron chi connectivity index (χ2n) is 6.66. The zero-order valence-electron chi connectivity index (χ0n) is 15.5. The van der Waals surface area contributed by atoms with E-state index in [4.69, 9.17) is 0 Å². The summed E-state index contributed by atoms with van der Waals surface area (Å²) in [7, 11) is 1.98. The summed E-state index contributed by atoms with van der Waals surface area (Å²) in [6.45, 7) is 2.59. The number of hydrogen-bond donors (Lipinski definition) is 1. The molecule has 0 aliphatic carbocycles. The summed E-state index contributed by atoms with van der Waals surface area (Å²) >= 11 is 0. The molecule has 27 heavy (non-hydrogen) atoms. The van der Waals surface area contributed by atoms with E-state index in [1.54, 1.807) is 24.3 Å². The van der Waals surface area contributed by atoms with Gasteiger partial charge in [0.15, 0.2) is 0 Å². The number of nitrogens with one attached hydrogen (secondary N) is 1. The van der Waals surface area contributed by atoms with Gasteiger partial charge in [0.05, 0.1) is 11.1 Å². The van der Waals surface area contributed by atoms with Crippen LogP contribution in [0.1, 0.15) is 34.1 Å². The summed E-state index contributed by atoms with van der Waals surface area (Å²) in [6.07, 6.45) is 0.0905. The fourth-order valence-electron chi connectivity index (χ4n) is 3.06. The van der Waals surface area contributed by atoms with Gasteiger partial charge in [-0.05, 0) is 31.2 Å². The highest BCUT2D eigenvalue weighted by Gasteiger charge is 2.34. The number of hydrogen-bond acceptors (Lipinski definition) is 4. The zero-order chi connectivity index (χ0) is 19.4. The lowest BCUT2D eigenvalue weighted by Crippen LogP contribution is -2.41. The Kier molecular flexibility index (Phi) is 5.54. The summed E-state index contributed by atoms with van der Waals surface area (Å²) in [4.78, 5) is 40.0. The first kappa shape index (κ1) is 18.6. The summed E-state index contributed by atoms with van der Waals surface area (Å²) < 4.78 is 0. The SMILES string of the molecule is CC(CNC(=O)CCN1C(=O)c2ccccc2C1=O)N(C)c1ccccc1. The summed E-state index contributed by atoms with van der Waals surface area (Å²) in [6, 6.07) is 16.8. The maximum absolute atomic E-state index is 12.3. The smallest absolute Gasteiger partial charge is 0.261 e. The van der Waals surface area contributed by atoms with E-state index in [9.17, 15) is 14.4 Å². The summed E-state index contributed by atoms with van der Waals surface area (Å²) in [5.41, 5.74) is 1.88. The molecule has 3 rings (SSSR count). The third kappa shape index (κ3) is 4.00. The average molecular weight is 365 g/mol. The average Bonchev–Trinajstić information content (AvgIpc) is 2.95. The largest absolute Gasteiger partial charge is 0.370 e. The van der Waals surface area contributed by atoms with Crippen LogP contribution in [0.4, 0.5) is 5.69 Å². The molecule has 2 aromatic rings. The van der Waals surface area contributed by atoms with Gasteiger partial charge in [0, 0.05) is 38.3 Å². The molecule has 1 N–H and O–H groups in total. The second kappa shape index (κ2) is 8.03. The number of benzene rings is 2. The highest BCUT2D eigenvalue weighted by atomic mass is 16.2. The number of carbonyl (C=O) groups excluding carboxylic acids is 3. The number of rotatable bonds is 7. The van der Waals surface area contributed by atoms with E-state index in [-0.39, 0.29) is 36.7 Å². The number of anilines is 1. The Morgan fingerprint density at radius 3 is 2.15 bits per heavy atom. The highest BCUT2D eigenvalue weighted by molar-refractivity contribution is 6.21. The molecule has 0 bridgehead atoms. The molecule has 0 radical (unpaired) electrons. The molecule has 140 valence electrons. The van der Waals surface area contributed by atoms with Crippen LogP contribution in [0.3, 0.4) is 0 Å². The Labute approximate surface area is 158 Å². The van der Waals surface area contributed by atoms with Gasteiger partial charge in [0.1, 0.15) is 0 Å². The van der Waals surface area contributed by atoms with Crippen molar-refractivity contribution < 1.29 is 14.4 Å². The molecule has 1 unspecified atom stereocenters. The van der Waals surface area contributed by atoms with Gasteiger partial charge in [-0.1, -0.05) is 30.3 Å². The zero-order valence-corrected chi connectivity index (χ0v) is 15.5. The number of carbonyl (C=O) groups is 3. The van der Waals surface area contributed by atoms with Crippen molar-refractivity contribution >= 4 is 23.4 Å². The maximum Gasteiger partial charge on any atom is 0.261 e. The van der Waals surface area contributed by atoms with Crippen LogP contribution in [-0.4, -0.2) is 48.8 Å². The van der Waals surface area contributed by atoms with Gasteiger partial charge in [0.2, 0.25) is 5.91 Å². The minimum absolute atomic E-state index is 0.0844. The van der Waals surface area contributed by atoms with Crippen molar-refractivity contribution in [3.8, 4) is 0 Å². The quantitative estimate of drug-likeness (QED) is 0.765. The van der Waals surface area contributed by atoms with Gasteiger partial charge in [-0.2, -0.15) is 0 Å². The minimum Gasteiger partial charge on any atom is -0.370 e. The third-order valence-electron chi connectivity index (χ3n) is 4.86. The van der Waals surface area contributed by atoms with Crippen LogP contribution < -0.4 is 10.2 Å². The maximum atomic E-state index is 12.3. The third-order valence-corrected chi connectivity index (χ3v) is 4.86. The molecular formula is C21H23N3O3. The van der Waals surface area contributed by atoms with Crippen molar-refractivity contribution in [2.45, 2.75) is 19.4 Å². The normalized spacial score (nSPS) is 14.1. The fourth-order valence-corrected chi connectivity index (χ4v) is 3.06. The van der Waals surface area contributed by atoms with Crippen LogP contribution in [0.25, 0.3) is 0 Å². The van der Waals surface area contributed by atoms with Crippen LogP contribution in [0, 0.1) is 0 Å². The van der Waals surface area contributed by atoms with Crippen molar-refractivity contribution in [2.24, 2.45) is 0 Å². The van der Waals surface area contributed by atoms with Gasteiger partial charge >= 0.3 is 0 Å². The van der Waals surface area contributed by atoms with E-state index in [1.807, 2.05) is 44.3 Å². The Bertz CT molecular complexity index is 816. The molecule has 0 aromatic heterocycles. The molecule has 1 atom stereocenters. The fraction of sp³-hybridized carbons (Fsp3) is 0.286. The van der Waals surface area contributed by atoms with Crippen LogP contribution in [0.5, 0.6) is 0 Å². The molecule has 0 saturated heterocycles. The van der Waals surface area contributed by atoms with Crippen molar-refractivity contribution in [1.82, 2.24) is 10.2 Å². The molecule has 0 fully saturated rings. The standard InChI is InChI=1S/C21H23N3O3/c1-15(23(2)16-8-4-3-5-9-16)14-22-19(25)12-13-24-20(26)17-10-6-7-11-18(17)21(24)27/h3-11,15H,12-14H2,1-2H3,(H,22,25).